The summed E-state index contributed by atoms with van der Waals surface area (Å²) in [6.07, 6.45) is 7.41. The normalized spacial score (nSPS) is 25.1. The van der Waals surface area contributed by atoms with Crippen LogP contribution in [0.15, 0.2) is 24.7 Å². The number of nitrogens with one attached hydrogen (secondary N) is 2. The minimum absolute atomic E-state index is 0.000904. The number of pyridine rings is 1. The predicted octanol–water partition coefficient (Wildman–Crippen LogP) is 4.64. The summed E-state index contributed by atoms with van der Waals surface area (Å²) in [5.74, 6) is -0.716. The van der Waals surface area contributed by atoms with Crippen molar-refractivity contribution in [2.45, 2.75) is 63.6 Å². The van der Waals surface area contributed by atoms with Crippen molar-refractivity contribution in [1.82, 2.24) is 24.8 Å². The average Bonchev–Trinajstić information content (AvgIpc) is 3.32. The molecule has 0 bridgehead atoms. The Balaban J connectivity index is 1.42. The van der Waals surface area contributed by atoms with Crippen LogP contribution in [0.2, 0.25) is 0 Å². The third-order valence-corrected chi connectivity index (χ3v) is 6.80. The van der Waals surface area contributed by atoms with Crippen molar-refractivity contribution in [3.63, 3.8) is 0 Å². The smallest absolute Gasteiger partial charge is 0.410 e. The van der Waals surface area contributed by atoms with Crippen LogP contribution < -0.4 is 5.32 Å². The molecule has 10 heteroatoms. The van der Waals surface area contributed by atoms with Crippen LogP contribution in [0.4, 0.5) is 19.4 Å². The summed E-state index contributed by atoms with van der Waals surface area (Å²) in [6, 6.07) is 1.23. The number of hydrogen-bond acceptors (Lipinski definition) is 6. The fourth-order valence-electron chi connectivity index (χ4n) is 5.40. The molecule has 1 aliphatic carbocycles. The van der Waals surface area contributed by atoms with Crippen LogP contribution in [-0.4, -0.2) is 55.2 Å². The highest BCUT2D eigenvalue weighted by molar-refractivity contribution is 5.91. The molecule has 2 fully saturated rings. The van der Waals surface area contributed by atoms with Crippen LogP contribution in [0.1, 0.15) is 46.0 Å². The van der Waals surface area contributed by atoms with E-state index in [1.54, 1.807) is 11.1 Å². The highest BCUT2D eigenvalue weighted by atomic mass is 19.1. The van der Waals surface area contributed by atoms with Crippen LogP contribution in [-0.2, 0) is 4.74 Å². The molecule has 1 saturated heterocycles. The van der Waals surface area contributed by atoms with Crippen molar-refractivity contribution < 1.29 is 18.3 Å². The molecule has 3 atom stereocenters. The Hall–Kier alpha value is -3.30. The lowest BCUT2D eigenvalue weighted by molar-refractivity contribution is -0.00285. The molecule has 8 nitrogen and oxygen atoms in total. The topological polar surface area (TPSA) is 96.0 Å². The van der Waals surface area contributed by atoms with Gasteiger partial charge in [0.05, 0.1) is 18.4 Å². The van der Waals surface area contributed by atoms with Gasteiger partial charge in [0.2, 0.25) is 0 Å². The molecule has 1 amide bonds. The number of rotatable bonds is 5. The van der Waals surface area contributed by atoms with Gasteiger partial charge >= 0.3 is 6.09 Å². The first-order valence-corrected chi connectivity index (χ1v) is 11.4. The van der Waals surface area contributed by atoms with E-state index in [2.05, 4.69) is 32.2 Å². The number of likely N-dealkylation sites (N-methyl/N-ethyl adjacent to an activating group) is 1. The maximum Gasteiger partial charge on any atom is 0.410 e. The minimum atomic E-state index is -0.579. The Labute approximate surface area is 189 Å². The Morgan fingerprint density at radius 1 is 1.30 bits per heavy atom. The Kier molecular flexibility index (Phi) is 5.38. The van der Waals surface area contributed by atoms with Gasteiger partial charge in [-0.25, -0.2) is 28.5 Å². The zero-order chi connectivity index (χ0) is 23.2. The molecule has 1 spiro atoms. The second-order valence-electron chi connectivity index (χ2n) is 8.72. The van der Waals surface area contributed by atoms with Crippen molar-refractivity contribution in [2.24, 2.45) is 0 Å². The van der Waals surface area contributed by atoms with Gasteiger partial charge in [-0.3, -0.25) is 0 Å². The second kappa shape index (κ2) is 8.24. The van der Waals surface area contributed by atoms with E-state index in [1.165, 1.54) is 6.07 Å². The number of aromatic amines is 1. The summed E-state index contributed by atoms with van der Waals surface area (Å²) in [7, 11) is 0. The van der Waals surface area contributed by atoms with Gasteiger partial charge in [-0.2, -0.15) is 0 Å². The van der Waals surface area contributed by atoms with Crippen molar-refractivity contribution in [1.29, 1.82) is 0 Å². The summed E-state index contributed by atoms with van der Waals surface area (Å²) >= 11 is 0. The number of H-pyrrole nitrogens is 1. The van der Waals surface area contributed by atoms with Crippen molar-refractivity contribution in [3.8, 4) is 11.4 Å². The Bertz CT molecular complexity index is 1200. The average molecular weight is 456 g/mol. The molecular weight excluding hydrogens is 430 g/mol. The number of nitrogens with zero attached hydrogens (tertiary/aromatic N) is 4. The van der Waals surface area contributed by atoms with Crippen LogP contribution in [0, 0.1) is 11.6 Å². The third-order valence-electron chi connectivity index (χ3n) is 6.80. The van der Waals surface area contributed by atoms with Crippen LogP contribution in [0.5, 0.6) is 0 Å². The van der Waals surface area contributed by atoms with E-state index in [0.717, 1.165) is 38.1 Å². The van der Waals surface area contributed by atoms with Gasteiger partial charge in [-0.05, 0) is 38.7 Å². The summed E-state index contributed by atoms with van der Waals surface area (Å²) in [5.41, 5.74) is 0.455. The fourth-order valence-corrected chi connectivity index (χ4v) is 5.40. The van der Waals surface area contributed by atoms with Gasteiger partial charge in [0.15, 0.2) is 17.5 Å². The van der Waals surface area contributed by atoms with Gasteiger partial charge in [-0.15, -0.1) is 0 Å². The summed E-state index contributed by atoms with van der Waals surface area (Å²) in [4.78, 5) is 29.7. The number of anilines is 1. The zero-order valence-corrected chi connectivity index (χ0v) is 18.6. The summed E-state index contributed by atoms with van der Waals surface area (Å²) < 4.78 is 34.3. The Morgan fingerprint density at radius 3 is 2.94 bits per heavy atom. The molecule has 1 aliphatic heterocycles. The lowest BCUT2D eigenvalue weighted by atomic mass is 9.76. The first-order chi connectivity index (χ1) is 15.9. The second-order valence-corrected chi connectivity index (χ2v) is 8.72. The number of aromatic nitrogens is 4. The van der Waals surface area contributed by atoms with Crippen LogP contribution in [0.25, 0.3) is 22.4 Å². The molecule has 33 heavy (non-hydrogen) atoms. The highest BCUT2D eigenvalue weighted by Gasteiger charge is 2.54. The summed E-state index contributed by atoms with van der Waals surface area (Å²) in [5, 5.41) is 3.74. The van der Waals surface area contributed by atoms with Crippen LogP contribution in [0.3, 0.4) is 0 Å². The molecular formula is C23H26F2N6O2. The lowest BCUT2D eigenvalue weighted by Crippen LogP contribution is -2.50. The van der Waals surface area contributed by atoms with E-state index >= 15 is 0 Å². The van der Waals surface area contributed by atoms with E-state index in [1.807, 2.05) is 6.92 Å². The molecule has 4 heterocycles. The molecule has 3 aromatic heterocycles. The van der Waals surface area contributed by atoms with E-state index in [9.17, 15) is 13.6 Å². The lowest BCUT2D eigenvalue weighted by Gasteiger charge is -2.41. The van der Waals surface area contributed by atoms with Gasteiger partial charge in [0, 0.05) is 36.2 Å². The number of carbonyl (C=O) groups is 1. The number of carbonyl (C=O) groups excluding carboxylic acids is 1. The van der Waals surface area contributed by atoms with Crippen molar-refractivity contribution in [3.05, 3.63) is 36.3 Å². The molecule has 2 aliphatic rings. The zero-order valence-electron chi connectivity index (χ0n) is 18.6. The predicted molar refractivity (Wildman–Crippen MR) is 119 cm³/mol. The standard InChI is InChI=1S/C23H26F2N6O2/c1-3-18-23(33-22(32)31(18)4-2)7-5-6-14(9-23)29-21-17(25)12-28-20(30-21)16-11-27-19-15(16)8-13(24)10-26-19/h8,10-12,14,18H,3-7,9H2,1-2H3,(H,26,27)(H,28,29,30)/t14-,18+,23+/m0/s1. The molecule has 0 aromatic carbocycles. The molecule has 1 saturated carbocycles. The minimum Gasteiger partial charge on any atom is -0.441 e. The van der Waals surface area contributed by atoms with E-state index in [-0.39, 0.29) is 29.8 Å². The molecule has 174 valence electrons. The van der Waals surface area contributed by atoms with Crippen molar-refractivity contribution in [2.75, 3.05) is 11.9 Å². The maximum atomic E-state index is 14.7. The molecule has 0 unspecified atom stereocenters. The van der Waals surface area contributed by atoms with E-state index < -0.39 is 17.2 Å². The maximum absolute atomic E-state index is 14.7. The van der Waals surface area contributed by atoms with Crippen molar-refractivity contribution >= 4 is 22.9 Å². The largest absolute Gasteiger partial charge is 0.441 e. The number of hydrogen-bond donors (Lipinski definition) is 2. The van der Waals surface area contributed by atoms with E-state index in [0.29, 0.717) is 29.6 Å². The van der Waals surface area contributed by atoms with Gasteiger partial charge < -0.3 is 19.9 Å². The molecule has 3 aromatic rings. The number of halogens is 2. The number of amides is 1. The fraction of sp³-hybridized carbons (Fsp3) is 0.478. The molecule has 5 rings (SSSR count). The summed E-state index contributed by atoms with van der Waals surface area (Å²) in [6.45, 7) is 4.61. The third kappa shape index (κ3) is 3.67. The Morgan fingerprint density at radius 2 is 2.15 bits per heavy atom. The number of fused-ring (bicyclic) bond motifs is 1. The van der Waals surface area contributed by atoms with Gasteiger partial charge in [0.25, 0.3) is 0 Å². The first kappa shape index (κ1) is 21.5. The molecule has 0 radical (unpaired) electrons. The number of ether oxygens (including phenoxy) is 1. The van der Waals surface area contributed by atoms with Gasteiger partial charge in [-0.1, -0.05) is 6.92 Å². The van der Waals surface area contributed by atoms with E-state index in [4.69, 9.17) is 4.74 Å². The molecule has 2 N–H and O–H groups in total. The highest BCUT2D eigenvalue weighted by Crippen LogP contribution is 2.43. The van der Waals surface area contributed by atoms with Gasteiger partial charge in [0.1, 0.15) is 17.1 Å². The first-order valence-electron chi connectivity index (χ1n) is 11.4. The monoisotopic (exact) mass is 456 g/mol. The quantitative estimate of drug-likeness (QED) is 0.581. The SMILES string of the molecule is CC[C@H]1N(CC)C(=O)O[C@@]12CCC[C@H](Nc1nc(-c3c[nH]c4ncc(F)cc34)ncc1F)C2. The van der Waals surface area contributed by atoms with Crippen LogP contribution >= 0.6 is 0 Å².